The first kappa shape index (κ1) is 24.3. The van der Waals surface area contributed by atoms with E-state index in [9.17, 15) is 19.8 Å². The average Bonchev–Trinajstić information content (AvgIpc) is 3.02. The van der Waals surface area contributed by atoms with Crippen molar-refractivity contribution in [1.29, 1.82) is 0 Å². The fourth-order valence-electron chi connectivity index (χ4n) is 4.12. The van der Waals surface area contributed by atoms with E-state index in [4.69, 9.17) is 9.47 Å². The Morgan fingerprint density at radius 3 is 2.48 bits per heavy atom. The quantitative estimate of drug-likeness (QED) is 0.268. The summed E-state index contributed by atoms with van der Waals surface area (Å²) in [5, 5.41) is 21.3. The van der Waals surface area contributed by atoms with Crippen molar-refractivity contribution in [2.75, 3.05) is 20.3 Å². The second-order valence-electron chi connectivity index (χ2n) is 8.50. The first-order valence-electron chi connectivity index (χ1n) is 11.0. The van der Waals surface area contributed by atoms with Crippen LogP contribution in [0.25, 0.3) is 5.76 Å². The molecule has 1 aliphatic rings. The predicted molar refractivity (Wildman–Crippen MR) is 125 cm³/mol. The van der Waals surface area contributed by atoms with E-state index in [0.717, 1.165) is 5.56 Å². The van der Waals surface area contributed by atoms with Gasteiger partial charge in [0.1, 0.15) is 17.3 Å². The van der Waals surface area contributed by atoms with Crippen molar-refractivity contribution in [3.63, 3.8) is 0 Å². The van der Waals surface area contributed by atoms with Gasteiger partial charge in [0.2, 0.25) is 0 Å². The topological polar surface area (TPSA) is 96.3 Å². The van der Waals surface area contributed by atoms with Crippen molar-refractivity contribution in [3.05, 3.63) is 64.2 Å². The van der Waals surface area contributed by atoms with Gasteiger partial charge < -0.3 is 24.6 Å². The maximum Gasteiger partial charge on any atom is 0.295 e. The zero-order valence-electron chi connectivity index (χ0n) is 19.7. The standard InChI is InChI=1S/C26H31NO6/c1-15(2)33-11-7-10-27-23(18-8-6-9-19(28)14-18)22(25(30)26(27)31)24(29)20-12-17(4)21(32-5)13-16(20)3/h6,8-9,12-15,23,28-29H,7,10-11H2,1-5H3/b24-22+. The molecule has 7 nitrogen and oxygen atoms in total. The van der Waals surface area contributed by atoms with Gasteiger partial charge in [-0.3, -0.25) is 9.59 Å². The first-order chi connectivity index (χ1) is 15.6. The lowest BCUT2D eigenvalue weighted by Crippen LogP contribution is -2.31. The molecule has 1 aliphatic heterocycles. The van der Waals surface area contributed by atoms with E-state index in [1.807, 2.05) is 20.8 Å². The number of benzene rings is 2. The number of methoxy groups -OCH3 is 1. The van der Waals surface area contributed by atoms with Crippen molar-refractivity contribution in [3.8, 4) is 11.5 Å². The van der Waals surface area contributed by atoms with Gasteiger partial charge in [0, 0.05) is 18.7 Å². The second kappa shape index (κ2) is 10.1. The Labute approximate surface area is 194 Å². The molecule has 0 saturated carbocycles. The summed E-state index contributed by atoms with van der Waals surface area (Å²) < 4.78 is 10.9. The Kier molecular flexibility index (Phi) is 7.43. The molecule has 33 heavy (non-hydrogen) atoms. The molecule has 0 aromatic heterocycles. The number of carbonyl (C=O) groups excluding carboxylic acids is 2. The largest absolute Gasteiger partial charge is 0.508 e. The van der Waals surface area contributed by atoms with E-state index >= 15 is 0 Å². The molecule has 1 heterocycles. The summed E-state index contributed by atoms with van der Waals surface area (Å²) in [6, 6.07) is 9.11. The summed E-state index contributed by atoms with van der Waals surface area (Å²) >= 11 is 0. The maximum absolute atomic E-state index is 13.1. The molecule has 1 atom stereocenters. The molecule has 1 amide bonds. The zero-order chi connectivity index (χ0) is 24.3. The number of nitrogens with zero attached hydrogens (tertiary/aromatic N) is 1. The normalized spacial score (nSPS) is 17.8. The van der Waals surface area contributed by atoms with Gasteiger partial charge in [0.05, 0.1) is 24.8 Å². The molecule has 2 aromatic rings. The number of aromatic hydroxyl groups is 1. The third-order valence-corrected chi connectivity index (χ3v) is 5.72. The van der Waals surface area contributed by atoms with Crippen LogP contribution in [0.5, 0.6) is 11.5 Å². The van der Waals surface area contributed by atoms with Gasteiger partial charge in [-0.2, -0.15) is 0 Å². The minimum atomic E-state index is -0.821. The highest BCUT2D eigenvalue weighted by Gasteiger charge is 2.46. The molecule has 7 heteroatoms. The van der Waals surface area contributed by atoms with E-state index in [1.165, 1.54) is 17.0 Å². The number of aryl methyl sites for hydroxylation is 2. The molecule has 0 aliphatic carbocycles. The molecule has 176 valence electrons. The van der Waals surface area contributed by atoms with Crippen LogP contribution in [0.4, 0.5) is 0 Å². The van der Waals surface area contributed by atoms with Gasteiger partial charge in [0.25, 0.3) is 11.7 Å². The molecular formula is C26H31NO6. The lowest BCUT2D eigenvalue weighted by Gasteiger charge is -2.25. The SMILES string of the molecule is COc1cc(C)c(/C(O)=C2\C(=O)C(=O)N(CCCOC(C)C)C2c2cccc(O)c2)cc1C. The predicted octanol–water partition coefficient (Wildman–Crippen LogP) is 4.25. The number of hydrogen-bond donors (Lipinski definition) is 2. The van der Waals surface area contributed by atoms with Crippen molar-refractivity contribution in [2.45, 2.75) is 46.3 Å². The molecule has 2 N–H and O–H groups in total. The monoisotopic (exact) mass is 453 g/mol. The molecule has 0 spiro atoms. The third-order valence-electron chi connectivity index (χ3n) is 5.72. The Bertz CT molecular complexity index is 1090. The van der Waals surface area contributed by atoms with Crippen molar-refractivity contribution in [1.82, 2.24) is 4.90 Å². The average molecular weight is 454 g/mol. The number of Topliss-reactive ketones (excluding diaryl/α,β-unsaturated/α-hetero) is 1. The summed E-state index contributed by atoms with van der Waals surface area (Å²) in [7, 11) is 1.57. The number of ketones is 1. The second-order valence-corrected chi connectivity index (χ2v) is 8.50. The number of phenols is 1. The smallest absolute Gasteiger partial charge is 0.295 e. The molecule has 0 bridgehead atoms. The number of likely N-dealkylation sites (tertiary alicyclic amines) is 1. The third kappa shape index (κ3) is 5.03. The molecule has 1 unspecified atom stereocenters. The summed E-state index contributed by atoms with van der Waals surface area (Å²) in [5.74, 6) is -1.00. The fraction of sp³-hybridized carbons (Fsp3) is 0.385. The summed E-state index contributed by atoms with van der Waals surface area (Å²) in [6.07, 6.45) is 0.588. The number of phenolic OH excluding ortho intramolecular Hbond substituents is 1. The fourth-order valence-corrected chi connectivity index (χ4v) is 4.12. The number of amides is 1. The number of aliphatic hydroxyl groups excluding tert-OH is 1. The summed E-state index contributed by atoms with van der Waals surface area (Å²) in [6.45, 7) is 8.21. The Morgan fingerprint density at radius 1 is 1.12 bits per heavy atom. The van der Waals surface area contributed by atoms with Gasteiger partial charge in [0.15, 0.2) is 0 Å². The lowest BCUT2D eigenvalue weighted by molar-refractivity contribution is -0.140. The van der Waals surface area contributed by atoms with E-state index in [2.05, 4.69) is 0 Å². The lowest BCUT2D eigenvalue weighted by atomic mass is 9.93. The van der Waals surface area contributed by atoms with Crippen molar-refractivity contribution in [2.24, 2.45) is 0 Å². The Hall–Kier alpha value is -3.32. The molecule has 1 saturated heterocycles. The Balaban J connectivity index is 2.11. The summed E-state index contributed by atoms with van der Waals surface area (Å²) in [4.78, 5) is 27.6. The number of hydrogen-bond acceptors (Lipinski definition) is 6. The van der Waals surface area contributed by atoms with Crippen LogP contribution in [0.1, 0.15) is 48.6 Å². The minimum Gasteiger partial charge on any atom is -0.508 e. The van der Waals surface area contributed by atoms with Gasteiger partial charge >= 0.3 is 0 Å². The number of aliphatic hydroxyl groups is 1. The molecule has 0 radical (unpaired) electrons. The van der Waals surface area contributed by atoms with Crippen LogP contribution in [0.2, 0.25) is 0 Å². The summed E-state index contributed by atoms with van der Waals surface area (Å²) in [5.41, 5.74) is 2.51. The van der Waals surface area contributed by atoms with Crippen molar-refractivity contribution < 1.29 is 29.3 Å². The van der Waals surface area contributed by atoms with Crippen LogP contribution >= 0.6 is 0 Å². The van der Waals surface area contributed by atoms with Crippen LogP contribution in [0, 0.1) is 13.8 Å². The van der Waals surface area contributed by atoms with Crippen LogP contribution in [0.3, 0.4) is 0 Å². The van der Waals surface area contributed by atoms with Gasteiger partial charge in [-0.1, -0.05) is 12.1 Å². The van der Waals surface area contributed by atoms with Crippen molar-refractivity contribution >= 4 is 17.4 Å². The first-order valence-corrected chi connectivity index (χ1v) is 11.0. The van der Waals surface area contributed by atoms with Crippen LogP contribution < -0.4 is 4.74 Å². The van der Waals surface area contributed by atoms with Gasteiger partial charge in [-0.25, -0.2) is 0 Å². The van der Waals surface area contributed by atoms with Crippen LogP contribution in [-0.2, 0) is 14.3 Å². The highest BCUT2D eigenvalue weighted by Crippen LogP contribution is 2.41. The molecule has 2 aromatic carbocycles. The van der Waals surface area contributed by atoms with E-state index < -0.39 is 17.7 Å². The number of ether oxygens (including phenoxy) is 2. The van der Waals surface area contributed by atoms with E-state index in [-0.39, 0.29) is 29.7 Å². The molecule has 3 rings (SSSR count). The maximum atomic E-state index is 13.1. The van der Waals surface area contributed by atoms with Crippen LogP contribution in [-0.4, -0.2) is 53.2 Å². The number of carbonyl (C=O) groups is 2. The van der Waals surface area contributed by atoms with Gasteiger partial charge in [-0.15, -0.1) is 0 Å². The molecule has 1 fully saturated rings. The minimum absolute atomic E-state index is 0.00282. The molecular weight excluding hydrogens is 422 g/mol. The van der Waals surface area contributed by atoms with Gasteiger partial charge in [-0.05, 0) is 75.1 Å². The van der Waals surface area contributed by atoms with E-state index in [1.54, 1.807) is 38.3 Å². The zero-order valence-corrected chi connectivity index (χ0v) is 19.7. The highest BCUT2D eigenvalue weighted by atomic mass is 16.5. The Morgan fingerprint density at radius 2 is 1.85 bits per heavy atom. The highest BCUT2D eigenvalue weighted by molar-refractivity contribution is 6.46. The number of rotatable bonds is 8. The van der Waals surface area contributed by atoms with Crippen LogP contribution in [0.15, 0.2) is 42.0 Å². The van der Waals surface area contributed by atoms with E-state index in [0.29, 0.717) is 35.5 Å².